The molecular weight excluding hydrogens is 270 g/mol. The summed E-state index contributed by atoms with van der Waals surface area (Å²) in [4.78, 5) is 12.0. The number of hydrogen-bond acceptors (Lipinski definition) is 3. The maximum Gasteiger partial charge on any atom is 0.253 e. The first-order valence-corrected chi connectivity index (χ1v) is 8.15. The Morgan fingerprint density at radius 2 is 2.00 bits per heavy atom. The van der Waals surface area contributed by atoms with Crippen LogP contribution in [0.2, 0.25) is 0 Å². The Morgan fingerprint density at radius 1 is 1.35 bits per heavy atom. The highest BCUT2D eigenvalue weighted by Gasteiger charge is 2.39. The minimum Gasteiger partial charge on any atom is -0.379 e. The summed E-state index contributed by atoms with van der Waals surface area (Å²) in [7, 11) is 0. The lowest BCUT2D eigenvalue weighted by Gasteiger charge is -2.21. The summed E-state index contributed by atoms with van der Waals surface area (Å²) in [5, 5.41) is 13.0. The summed E-state index contributed by atoms with van der Waals surface area (Å²) in [6, 6.07) is 8.27. The van der Waals surface area contributed by atoms with Gasteiger partial charge in [0.25, 0.3) is 5.91 Å². The molecule has 1 amide bonds. The average Bonchev–Trinajstić information content (AvgIpc) is 2.84. The molecule has 0 saturated carbocycles. The molecule has 4 heteroatoms. The Hall–Kier alpha value is -1.00. The second-order valence-electron chi connectivity index (χ2n) is 6.46. The van der Waals surface area contributed by atoms with Crippen molar-refractivity contribution in [2.24, 2.45) is 0 Å². The first-order chi connectivity index (χ1) is 9.31. The molecule has 0 radical (unpaired) electrons. The molecule has 1 aromatic rings. The van der Waals surface area contributed by atoms with Crippen LogP contribution in [0.15, 0.2) is 24.3 Å². The molecule has 0 aromatic heterocycles. The summed E-state index contributed by atoms with van der Waals surface area (Å²) in [5.74, 6) is 1.11. The lowest BCUT2D eigenvalue weighted by atomic mass is 9.87. The number of carbonyl (C=O) groups excluding carboxylic acids is 1. The lowest BCUT2D eigenvalue weighted by molar-refractivity contribution is -0.137. The van der Waals surface area contributed by atoms with Crippen LogP contribution in [0, 0.1) is 0 Å². The first-order valence-electron chi connectivity index (χ1n) is 6.99. The zero-order valence-electron chi connectivity index (χ0n) is 12.4. The maximum absolute atomic E-state index is 12.0. The van der Waals surface area contributed by atoms with Crippen LogP contribution < -0.4 is 5.32 Å². The Kier molecular flexibility index (Phi) is 4.45. The molecule has 1 aliphatic heterocycles. The molecule has 110 valence electrons. The summed E-state index contributed by atoms with van der Waals surface area (Å²) in [5.41, 5.74) is 1.30. The van der Waals surface area contributed by atoms with Crippen molar-refractivity contribution in [3.63, 3.8) is 0 Å². The number of hydrogen-bond donors (Lipinski definition) is 2. The van der Waals surface area contributed by atoms with Crippen LogP contribution in [0.5, 0.6) is 0 Å². The molecule has 2 rings (SSSR count). The fourth-order valence-corrected chi connectivity index (χ4v) is 3.44. The smallest absolute Gasteiger partial charge is 0.253 e. The van der Waals surface area contributed by atoms with Gasteiger partial charge in [0.1, 0.15) is 0 Å². The van der Waals surface area contributed by atoms with E-state index in [1.807, 2.05) is 12.1 Å². The van der Waals surface area contributed by atoms with Gasteiger partial charge in [0.2, 0.25) is 0 Å². The van der Waals surface area contributed by atoms with Gasteiger partial charge in [-0.2, -0.15) is 11.8 Å². The Bertz CT molecular complexity index is 470. The first kappa shape index (κ1) is 15.4. The van der Waals surface area contributed by atoms with E-state index in [9.17, 15) is 9.90 Å². The molecular formula is C16H23NO2S. The van der Waals surface area contributed by atoms with Crippen LogP contribution in [0.4, 0.5) is 0 Å². The molecule has 0 bridgehead atoms. The van der Waals surface area contributed by atoms with Crippen molar-refractivity contribution in [3.05, 3.63) is 35.4 Å². The van der Waals surface area contributed by atoms with Crippen molar-refractivity contribution < 1.29 is 9.90 Å². The van der Waals surface area contributed by atoms with Crippen molar-refractivity contribution in [2.75, 3.05) is 11.5 Å². The molecule has 1 unspecified atom stereocenters. The summed E-state index contributed by atoms with van der Waals surface area (Å²) >= 11 is 1.62. The fourth-order valence-electron chi connectivity index (χ4n) is 2.20. The van der Waals surface area contributed by atoms with Gasteiger partial charge in [0, 0.05) is 12.3 Å². The molecule has 0 aliphatic carbocycles. The Labute approximate surface area is 125 Å². The molecule has 1 heterocycles. The monoisotopic (exact) mass is 293 g/mol. The lowest BCUT2D eigenvalue weighted by Crippen LogP contribution is -2.46. The third-order valence-electron chi connectivity index (χ3n) is 3.70. The van der Waals surface area contributed by atoms with Crippen LogP contribution in [-0.2, 0) is 16.8 Å². The highest BCUT2D eigenvalue weighted by Crippen LogP contribution is 2.28. The molecule has 1 aromatic carbocycles. The molecule has 3 nitrogen and oxygen atoms in total. The summed E-state index contributed by atoms with van der Waals surface area (Å²) in [6.45, 7) is 7.00. The van der Waals surface area contributed by atoms with E-state index in [1.165, 1.54) is 5.56 Å². The highest BCUT2D eigenvalue weighted by molar-refractivity contribution is 7.99. The van der Waals surface area contributed by atoms with Gasteiger partial charge in [-0.1, -0.05) is 45.0 Å². The molecule has 1 saturated heterocycles. The zero-order chi connectivity index (χ0) is 14.8. The quantitative estimate of drug-likeness (QED) is 0.900. The Balaban J connectivity index is 1.93. The summed E-state index contributed by atoms with van der Waals surface area (Å²) < 4.78 is 0. The number of nitrogens with one attached hydrogen (secondary N) is 1. The van der Waals surface area contributed by atoms with Crippen LogP contribution in [0.25, 0.3) is 0 Å². The van der Waals surface area contributed by atoms with Gasteiger partial charge in [-0.15, -0.1) is 0 Å². The minimum absolute atomic E-state index is 0.137. The number of rotatable bonds is 3. The summed E-state index contributed by atoms with van der Waals surface area (Å²) in [6.07, 6.45) is 0.548. The van der Waals surface area contributed by atoms with Gasteiger partial charge >= 0.3 is 0 Å². The molecule has 2 N–H and O–H groups in total. The predicted octanol–water partition coefficient (Wildman–Crippen LogP) is 2.47. The van der Waals surface area contributed by atoms with Crippen molar-refractivity contribution >= 4 is 17.7 Å². The van der Waals surface area contributed by atoms with Crippen molar-refractivity contribution in [3.8, 4) is 0 Å². The van der Waals surface area contributed by atoms with E-state index < -0.39 is 5.60 Å². The predicted molar refractivity (Wildman–Crippen MR) is 83.9 cm³/mol. The van der Waals surface area contributed by atoms with E-state index in [0.717, 1.165) is 11.3 Å². The number of benzene rings is 1. The minimum atomic E-state index is -1.17. The fraction of sp³-hybridized carbons (Fsp3) is 0.562. The second-order valence-corrected chi connectivity index (χ2v) is 7.57. The topological polar surface area (TPSA) is 49.3 Å². The van der Waals surface area contributed by atoms with E-state index in [2.05, 4.69) is 38.2 Å². The third kappa shape index (κ3) is 3.55. The van der Waals surface area contributed by atoms with Gasteiger partial charge in [0.15, 0.2) is 5.60 Å². The van der Waals surface area contributed by atoms with Crippen molar-refractivity contribution in [1.29, 1.82) is 0 Å². The van der Waals surface area contributed by atoms with Crippen molar-refractivity contribution in [2.45, 2.75) is 44.8 Å². The van der Waals surface area contributed by atoms with Gasteiger partial charge in [-0.25, -0.2) is 0 Å². The van der Waals surface area contributed by atoms with Gasteiger partial charge < -0.3 is 10.4 Å². The van der Waals surface area contributed by atoms with E-state index in [1.54, 1.807) is 11.8 Å². The number of amides is 1. The SMILES string of the molecule is CC(C)(C)c1ccc(CNC(=O)C2(O)CCSC2)cc1. The van der Waals surface area contributed by atoms with Crippen LogP contribution in [0.3, 0.4) is 0 Å². The molecule has 1 fully saturated rings. The number of aliphatic hydroxyl groups is 1. The number of thioether (sulfide) groups is 1. The molecule has 1 atom stereocenters. The van der Waals surface area contributed by atoms with E-state index in [-0.39, 0.29) is 11.3 Å². The maximum atomic E-state index is 12.0. The van der Waals surface area contributed by atoms with Crippen molar-refractivity contribution in [1.82, 2.24) is 5.32 Å². The largest absolute Gasteiger partial charge is 0.379 e. The van der Waals surface area contributed by atoms with Gasteiger partial charge in [-0.3, -0.25) is 4.79 Å². The Morgan fingerprint density at radius 3 is 2.50 bits per heavy atom. The van der Waals surface area contributed by atoms with Gasteiger partial charge in [-0.05, 0) is 28.7 Å². The number of carbonyl (C=O) groups is 1. The van der Waals surface area contributed by atoms with E-state index in [0.29, 0.717) is 18.7 Å². The molecule has 20 heavy (non-hydrogen) atoms. The second kappa shape index (κ2) is 5.78. The van der Waals surface area contributed by atoms with Gasteiger partial charge in [0.05, 0.1) is 0 Å². The van der Waals surface area contributed by atoms with E-state index in [4.69, 9.17) is 0 Å². The standard InChI is InChI=1S/C16H23NO2S/c1-15(2,3)13-6-4-12(5-7-13)10-17-14(18)16(19)8-9-20-11-16/h4-7,19H,8-11H2,1-3H3,(H,17,18). The van der Waals surface area contributed by atoms with Crippen LogP contribution in [0.1, 0.15) is 38.3 Å². The third-order valence-corrected chi connectivity index (χ3v) is 4.87. The molecule has 0 spiro atoms. The highest BCUT2D eigenvalue weighted by atomic mass is 32.2. The average molecular weight is 293 g/mol. The van der Waals surface area contributed by atoms with E-state index >= 15 is 0 Å². The normalized spacial score (nSPS) is 22.8. The molecule has 1 aliphatic rings. The zero-order valence-corrected chi connectivity index (χ0v) is 13.2. The van der Waals surface area contributed by atoms with Crippen LogP contribution in [-0.4, -0.2) is 28.1 Å². The van der Waals surface area contributed by atoms with Crippen LogP contribution >= 0.6 is 11.8 Å².